The molecule has 0 aromatic carbocycles. The van der Waals surface area contributed by atoms with E-state index < -0.39 is 4.92 Å². The van der Waals surface area contributed by atoms with Crippen molar-refractivity contribution in [2.75, 3.05) is 0 Å². The number of nitro groups is 1. The molecular weight excluding hydrogens is 288 g/mol. The Labute approximate surface area is 120 Å². The first kappa shape index (κ1) is 14.3. The van der Waals surface area contributed by atoms with E-state index in [1.165, 1.54) is 12.1 Å². The van der Waals surface area contributed by atoms with E-state index >= 15 is 0 Å². The van der Waals surface area contributed by atoms with Crippen LogP contribution in [-0.2, 0) is 0 Å². The second kappa shape index (κ2) is 6.34. The van der Waals surface area contributed by atoms with Gasteiger partial charge in [0.05, 0.1) is 15.2 Å². The third kappa shape index (κ3) is 3.67. The van der Waals surface area contributed by atoms with Crippen LogP contribution in [0.1, 0.15) is 41.8 Å². The zero-order chi connectivity index (χ0) is 13.8. The first-order valence-electron chi connectivity index (χ1n) is 6.27. The molecule has 0 saturated heterocycles. The van der Waals surface area contributed by atoms with Crippen LogP contribution in [-0.4, -0.2) is 22.2 Å². The fourth-order valence-electron chi connectivity index (χ4n) is 2.21. The lowest BCUT2D eigenvalue weighted by Crippen LogP contribution is -2.40. The first-order valence-corrected chi connectivity index (χ1v) is 7.52. The fraction of sp³-hybridized carbons (Fsp3) is 0.583. The molecule has 0 spiro atoms. The molecule has 1 aromatic heterocycles. The van der Waals surface area contributed by atoms with Gasteiger partial charge in [-0.2, -0.15) is 0 Å². The summed E-state index contributed by atoms with van der Waals surface area (Å²) in [4.78, 5) is 22.5. The minimum Gasteiger partial charge on any atom is -0.347 e. The van der Waals surface area contributed by atoms with Crippen LogP contribution < -0.4 is 5.32 Å². The van der Waals surface area contributed by atoms with Crippen LogP contribution in [0.5, 0.6) is 0 Å². The Morgan fingerprint density at radius 3 is 2.79 bits per heavy atom. The van der Waals surface area contributed by atoms with Crippen molar-refractivity contribution in [3.05, 3.63) is 27.1 Å². The number of halogens is 1. The van der Waals surface area contributed by atoms with E-state index in [-0.39, 0.29) is 22.3 Å². The molecule has 1 N–H and O–H groups in total. The van der Waals surface area contributed by atoms with Gasteiger partial charge in [0, 0.05) is 12.1 Å². The van der Waals surface area contributed by atoms with E-state index in [0.717, 1.165) is 43.4 Å². The van der Waals surface area contributed by atoms with Gasteiger partial charge >= 0.3 is 5.00 Å². The number of hydrogen-bond donors (Lipinski definition) is 1. The lowest BCUT2D eigenvalue weighted by molar-refractivity contribution is -0.380. The van der Waals surface area contributed by atoms with Gasteiger partial charge in [-0.25, -0.2) is 0 Å². The molecule has 1 fully saturated rings. The van der Waals surface area contributed by atoms with E-state index in [1.54, 1.807) is 0 Å². The molecule has 1 aromatic rings. The summed E-state index contributed by atoms with van der Waals surface area (Å²) >= 11 is 7.14. The monoisotopic (exact) mass is 302 g/mol. The highest BCUT2D eigenvalue weighted by Gasteiger charge is 2.25. The molecule has 0 radical (unpaired) electrons. The molecule has 2 atom stereocenters. The normalized spacial score (nSPS) is 23.6. The quantitative estimate of drug-likeness (QED) is 0.403. The van der Waals surface area contributed by atoms with Crippen LogP contribution in [0, 0.1) is 10.1 Å². The van der Waals surface area contributed by atoms with Gasteiger partial charge in [0.15, 0.2) is 0 Å². The van der Waals surface area contributed by atoms with Gasteiger partial charge in [-0.3, -0.25) is 14.9 Å². The molecule has 0 bridgehead atoms. The molecule has 1 aliphatic rings. The molecule has 2 unspecified atom stereocenters. The third-order valence-electron chi connectivity index (χ3n) is 3.24. The number of rotatable bonds is 3. The van der Waals surface area contributed by atoms with Crippen LogP contribution in [0.25, 0.3) is 0 Å². The molecule has 5 nitrogen and oxygen atoms in total. The summed E-state index contributed by atoms with van der Waals surface area (Å²) in [6.45, 7) is 0. The van der Waals surface area contributed by atoms with Crippen LogP contribution in [0.4, 0.5) is 5.00 Å². The summed E-state index contributed by atoms with van der Waals surface area (Å²) < 4.78 is 0. The topological polar surface area (TPSA) is 72.2 Å². The number of carbonyl (C=O) groups excluding carboxylic acids is 1. The number of nitrogens with one attached hydrogen (secondary N) is 1. The Morgan fingerprint density at radius 1 is 1.37 bits per heavy atom. The molecular formula is C12H15ClN2O3S. The van der Waals surface area contributed by atoms with Crippen molar-refractivity contribution in [2.45, 2.75) is 43.5 Å². The number of carbonyl (C=O) groups is 1. The first-order chi connectivity index (χ1) is 9.08. The molecule has 104 valence electrons. The van der Waals surface area contributed by atoms with Gasteiger partial charge in [0.1, 0.15) is 0 Å². The maximum Gasteiger partial charge on any atom is 0.324 e. The summed E-state index contributed by atoms with van der Waals surface area (Å²) in [5.74, 6) is -0.268. The summed E-state index contributed by atoms with van der Waals surface area (Å²) in [6.07, 6.45) is 5.05. The highest BCUT2D eigenvalue weighted by atomic mass is 35.5. The zero-order valence-electron chi connectivity index (χ0n) is 10.3. The Bertz CT molecular complexity index is 477. The van der Waals surface area contributed by atoms with E-state index in [1.807, 2.05) is 0 Å². The second-order valence-electron chi connectivity index (χ2n) is 4.63. The highest BCUT2D eigenvalue weighted by Crippen LogP contribution is 2.26. The predicted molar refractivity (Wildman–Crippen MR) is 75.0 cm³/mol. The molecule has 2 rings (SSSR count). The lowest BCUT2D eigenvalue weighted by Gasteiger charge is -2.20. The van der Waals surface area contributed by atoms with Crippen LogP contribution in [0.3, 0.4) is 0 Å². The number of nitrogens with zero attached hydrogens (tertiary/aromatic N) is 1. The highest BCUT2D eigenvalue weighted by molar-refractivity contribution is 7.17. The third-order valence-corrected chi connectivity index (χ3v) is 4.80. The number of hydrogen-bond acceptors (Lipinski definition) is 4. The van der Waals surface area contributed by atoms with Crippen molar-refractivity contribution >= 4 is 33.8 Å². The van der Waals surface area contributed by atoms with Gasteiger partial charge in [0.25, 0.3) is 5.91 Å². The molecule has 1 amide bonds. The number of alkyl halides is 1. The molecule has 0 aliphatic heterocycles. The lowest BCUT2D eigenvalue weighted by atomic mass is 10.1. The van der Waals surface area contributed by atoms with Gasteiger partial charge in [0.2, 0.25) is 0 Å². The van der Waals surface area contributed by atoms with Crippen LogP contribution in [0.15, 0.2) is 12.1 Å². The number of thiophene rings is 1. The minimum atomic E-state index is -0.489. The van der Waals surface area contributed by atoms with Gasteiger partial charge in [-0.1, -0.05) is 30.6 Å². The van der Waals surface area contributed by atoms with Crippen molar-refractivity contribution in [2.24, 2.45) is 0 Å². The van der Waals surface area contributed by atoms with Gasteiger partial charge < -0.3 is 5.32 Å². The van der Waals surface area contributed by atoms with E-state index in [0.29, 0.717) is 4.88 Å². The predicted octanol–water partition coefficient (Wildman–Crippen LogP) is 3.33. The minimum absolute atomic E-state index is 0.0200. The molecule has 7 heteroatoms. The maximum absolute atomic E-state index is 12.0. The zero-order valence-corrected chi connectivity index (χ0v) is 11.9. The Kier molecular flexibility index (Phi) is 4.76. The Balaban J connectivity index is 2.00. The van der Waals surface area contributed by atoms with E-state index in [9.17, 15) is 14.9 Å². The van der Waals surface area contributed by atoms with E-state index in [2.05, 4.69) is 5.32 Å². The van der Waals surface area contributed by atoms with Crippen molar-refractivity contribution in [1.82, 2.24) is 5.32 Å². The van der Waals surface area contributed by atoms with Crippen LogP contribution in [0.2, 0.25) is 0 Å². The average molecular weight is 303 g/mol. The summed E-state index contributed by atoms with van der Waals surface area (Å²) in [6, 6.07) is 2.79. The molecule has 19 heavy (non-hydrogen) atoms. The largest absolute Gasteiger partial charge is 0.347 e. The SMILES string of the molecule is O=C(NC1CCCCCC1Cl)c1ccc([N+](=O)[O-])s1. The van der Waals surface area contributed by atoms with Crippen molar-refractivity contribution in [3.8, 4) is 0 Å². The van der Waals surface area contributed by atoms with E-state index in [4.69, 9.17) is 11.6 Å². The summed E-state index contributed by atoms with van der Waals surface area (Å²) in [5, 5.41) is 13.4. The molecule has 1 aliphatic carbocycles. The fourth-order valence-corrected chi connectivity index (χ4v) is 3.28. The summed E-state index contributed by atoms with van der Waals surface area (Å²) in [7, 11) is 0. The average Bonchev–Trinajstić information content (AvgIpc) is 2.78. The molecule has 1 heterocycles. The summed E-state index contributed by atoms with van der Waals surface area (Å²) in [5.41, 5.74) is 0. The maximum atomic E-state index is 12.0. The van der Waals surface area contributed by atoms with Crippen molar-refractivity contribution in [3.63, 3.8) is 0 Å². The molecule has 1 saturated carbocycles. The standard InChI is InChI=1S/C12H15ClN2O3S/c13-8-4-2-1-3-5-9(8)14-12(16)10-6-7-11(19-10)15(17)18/h6-9H,1-5H2,(H,14,16). The van der Waals surface area contributed by atoms with Crippen LogP contribution >= 0.6 is 22.9 Å². The van der Waals surface area contributed by atoms with Crippen molar-refractivity contribution in [1.29, 1.82) is 0 Å². The number of amides is 1. The van der Waals surface area contributed by atoms with Gasteiger partial charge in [-0.05, 0) is 18.9 Å². The van der Waals surface area contributed by atoms with Crippen molar-refractivity contribution < 1.29 is 9.72 Å². The Hall–Kier alpha value is -1.14. The Morgan fingerprint density at radius 2 is 2.11 bits per heavy atom. The van der Waals surface area contributed by atoms with Gasteiger partial charge in [-0.15, -0.1) is 11.6 Å². The smallest absolute Gasteiger partial charge is 0.324 e. The second-order valence-corrected chi connectivity index (χ2v) is 6.25.